The van der Waals surface area contributed by atoms with Crippen molar-refractivity contribution < 1.29 is 24.0 Å². The van der Waals surface area contributed by atoms with Crippen LogP contribution in [0.5, 0.6) is 5.75 Å². The van der Waals surface area contributed by atoms with Crippen molar-refractivity contribution >= 4 is 17.7 Å². The standard InChI is InChI=1S/C21H19N5O5/c1-30-16-8-4-13(5-9-16)10-17(20-25-18(31-26-20)11-19(27)28)24-21(29)23-15-6-2-14(12-22)3-7-15/h2-9,17H,10-11H2,1H3,(H,27,28)(H2,23,24,29). The second-order valence-corrected chi connectivity index (χ2v) is 6.51. The zero-order valence-electron chi connectivity index (χ0n) is 16.5. The van der Waals surface area contributed by atoms with Gasteiger partial charge in [0.1, 0.15) is 12.2 Å². The predicted octanol–water partition coefficient (Wildman–Crippen LogP) is 2.68. The van der Waals surface area contributed by atoms with Crippen molar-refractivity contribution in [3.05, 3.63) is 71.4 Å². The van der Waals surface area contributed by atoms with Gasteiger partial charge in [-0.3, -0.25) is 4.79 Å². The van der Waals surface area contributed by atoms with Gasteiger partial charge in [-0.2, -0.15) is 10.2 Å². The minimum absolute atomic E-state index is 0.0588. The molecule has 0 radical (unpaired) electrons. The maximum atomic E-state index is 12.5. The summed E-state index contributed by atoms with van der Waals surface area (Å²) in [4.78, 5) is 27.5. The van der Waals surface area contributed by atoms with E-state index in [0.717, 1.165) is 5.56 Å². The van der Waals surface area contributed by atoms with Gasteiger partial charge in [-0.25, -0.2) is 4.79 Å². The Morgan fingerprint density at radius 1 is 1.19 bits per heavy atom. The molecule has 0 saturated carbocycles. The van der Waals surface area contributed by atoms with E-state index in [1.165, 1.54) is 0 Å². The van der Waals surface area contributed by atoms with Crippen LogP contribution in [0, 0.1) is 11.3 Å². The fourth-order valence-corrected chi connectivity index (χ4v) is 2.77. The lowest BCUT2D eigenvalue weighted by Gasteiger charge is -2.16. The molecule has 1 atom stereocenters. The van der Waals surface area contributed by atoms with E-state index in [0.29, 0.717) is 23.4 Å². The molecule has 3 rings (SSSR count). The van der Waals surface area contributed by atoms with E-state index < -0.39 is 24.5 Å². The largest absolute Gasteiger partial charge is 0.497 e. The molecule has 2 aromatic carbocycles. The van der Waals surface area contributed by atoms with E-state index in [-0.39, 0.29) is 11.7 Å². The SMILES string of the molecule is COc1ccc(CC(NC(=O)Nc2ccc(C#N)cc2)c2noc(CC(=O)O)n2)cc1. The number of benzene rings is 2. The lowest BCUT2D eigenvalue weighted by atomic mass is 10.1. The van der Waals surface area contributed by atoms with Crippen LogP contribution in [0.3, 0.4) is 0 Å². The number of aliphatic carboxylic acids is 1. The van der Waals surface area contributed by atoms with Crippen LogP contribution in [-0.2, 0) is 17.6 Å². The number of nitriles is 1. The van der Waals surface area contributed by atoms with Gasteiger partial charge in [0.2, 0.25) is 5.89 Å². The number of hydrogen-bond donors (Lipinski definition) is 3. The van der Waals surface area contributed by atoms with E-state index in [9.17, 15) is 9.59 Å². The number of carbonyl (C=O) groups excluding carboxylic acids is 1. The van der Waals surface area contributed by atoms with Crippen molar-refractivity contribution in [2.24, 2.45) is 0 Å². The van der Waals surface area contributed by atoms with Crippen molar-refractivity contribution in [3.8, 4) is 11.8 Å². The normalized spacial score (nSPS) is 11.2. The number of carboxylic acids is 1. The first-order chi connectivity index (χ1) is 15.0. The number of rotatable bonds is 8. The minimum atomic E-state index is -1.10. The zero-order valence-corrected chi connectivity index (χ0v) is 16.5. The van der Waals surface area contributed by atoms with Gasteiger partial charge in [0, 0.05) is 12.1 Å². The van der Waals surface area contributed by atoms with Crippen LogP contribution in [0.15, 0.2) is 53.1 Å². The van der Waals surface area contributed by atoms with E-state index >= 15 is 0 Å². The Bertz CT molecular complexity index is 1090. The maximum absolute atomic E-state index is 12.5. The van der Waals surface area contributed by atoms with Crippen LogP contribution < -0.4 is 15.4 Å². The van der Waals surface area contributed by atoms with Crippen LogP contribution in [0.4, 0.5) is 10.5 Å². The van der Waals surface area contributed by atoms with Crippen LogP contribution in [0.1, 0.15) is 28.9 Å². The molecule has 2 amide bonds. The first kappa shape index (κ1) is 21.3. The molecule has 10 heteroatoms. The highest BCUT2D eigenvalue weighted by Gasteiger charge is 2.22. The van der Waals surface area contributed by atoms with Crippen molar-refractivity contribution in [1.82, 2.24) is 15.5 Å². The van der Waals surface area contributed by atoms with Gasteiger partial charge < -0.3 is 25.0 Å². The number of nitrogens with one attached hydrogen (secondary N) is 2. The molecule has 0 aliphatic heterocycles. The lowest BCUT2D eigenvalue weighted by Crippen LogP contribution is -2.34. The van der Waals surface area contributed by atoms with Gasteiger partial charge in [0.15, 0.2) is 5.82 Å². The van der Waals surface area contributed by atoms with E-state index in [1.54, 1.807) is 43.5 Å². The molecule has 10 nitrogen and oxygen atoms in total. The van der Waals surface area contributed by atoms with Crippen molar-refractivity contribution in [2.45, 2.75) is 18.9 Å². The van der Waals surface area contributed by atoms with Gasteiger partial charge in [-0.1, -0.05) is 17.3 Å². The summed E-state index contributed by atoms with van der Waals surface area (Å²) in [7, 11) is 1.57. The molecular weight excluding hydrogens is 402 g/mol. The molecule has 1 aromatic heterocycles. The van der Waals surface area contributed by atoms with E-state index in [2.05, 4.69) is 20.8 Å². The number of carboxylic acid groups (broad SMARTS) is 1. The number of ether oxygens (including phenoxy) is 1. The molecule has 3 aromatic rings. The Kier molecular flexibility index (Phi) is 6.80. The summed E-state index contributed by atoms with van der Waals surface area (Å²) in [5.41, 5.74) is 1.84. The van der Waals surface area contributed by atoms with Crippen LogP contribution >= 0.6 is 0 Å². The average molecular weight is 421 g/mol. The average Bonchev–Trinajstić information content (AvgIpc) is 3.22. The second kappa shape index (κ2) is 9.89. The number of anilines is 1. The fraction of sp³-hybridized carbons (Fsp3) is 0.190. The Morgan fingerprint density at radius 3 is 2.52 bits per heavy atom. The number of hydrogen-bond acceptors (Lipinski definition) is 7. The highest BCUT2D eigenvalue weighted by Crippen LogP contribution is 2.19. The second-order valence-electron chi connectivity index (χ2n) is 6.51. The monoisotopic (exact) mass is 421 g/mol. The molecule has 0 spiro atoms. The summed E-state index contributed by atoms with van der Waals surface area (Å²) < 4.78 is 10.1. The summed E-state index contributed by atoms with van der Waals surface area (Å²) in [6.45, 7) is 0. The Balaban J connectivity index is 1.76. The van der Waals surface area contributed by atoms with Gasteiger partial charge in [-0.15, -0.1) is 0 Å². The highest BCUT2D eigenvalue weighted by molar-refractivity contribution is 5.89. The molecule has 3 N–H and O–H groups in total. The van der Waals surface area contributed by atoms with Crippen LogP contribution in [-0.4, -0.2) is 34.4 Å². The Morgan fingerprint density at radius 2 is 1.90 bits per heavy atom. The third-order valence-corrected chi connectivity index (χ3v) is 4.27. The summed E-state index contributed by atoms with van der Waals surface area (Å²) in [5.74, 6) is -0.317. The maximum Gasteiger partial charge on any atom is 0.319 e. The molecule has 158 valence electrons. The Hall–Kier alpha value is -4.39. The molecular formula is C21H19N5O5. The fourth-order valence-electron chi connectivity index (χ4n) is 2.77. The van der Waals surface area contributed by atoms with Gasteiger partial charge >= 0.3 is 12.0 Å². The molecule has 0 fully saturated rings. The molecule has 1 heterocycles. The molecule has 31 heavy (non-hydrogen) atoms. The van der Waals surface area contributed by atoms with Crippen LogP contribution in [0.2, 0.25) is 0 Å². The highest BCUT2D eigenvalue weighted by atomic mass is 16.5. The molecule has 1 unspecified atom stereocenters. The number of carbonyl (C=O) groups is 2. The quantitative estimate of drug-likeness (QED) is 0.502. The summed E-state index contributed by atoms with van der Waals surface area (Å²) in [6, 6.07) is 14.4. The summed E-state index contributed by atoms with van der Waals surface area (Å²) in [5, 5.41) is 27.1. The van der Waals surface area contributed by atoms with Gasteiger partial charge in [0.05, 0.1) is 24.8 Å². The molecule has 0 aliphatic rings. The first-order valence-electron chi connectivity index (χ1n) is 9.21. The number of amides is 2. The van der Waals surface area contributed by atoms with Crippen molar-refractivity contribution in [2.75, 3.05) is 12.4 Å². The van der Waals surface area contributed by atoms with E-state index in [1.807, 2.05) is 18.2 Å². The van der Waals surface area contributed by atoms with E-state index in [4.69, 9.17) is 19.6 Å². The topological polar surface area (TPSA) is 150 Å². The van der Waals surface area contributed by atoms with Crippen LogP contribution in [0.25, 0.3) is 0 Å². The minimum Gasteiger partial charge on any atom is -0.497 e. The molecule has 0 saturated heterocycles. The third kappa shape index (κ3) is 6.04. The summed E-state index contributed by atoms with van der Waals surface area (Å²) >= 11 is 0. The Labute approximate surface area is 177 Å². The van der Waals surface area contributed by atoms with Crippen molar-refractivity contribution in [1.29, 1.82) is 5.26 Å². The zero-order chi connectivity index (χ0) is 22.2. The smallest absolute Gasteiger partial charge is 0.319 e. The predicted molar refractivity (Wildman–Crippen MR) is 108 cm³/mol. The third-order valence-electron chi connectivity index (χ3n) is 4.27. The van der Waals surface area contributed by atoms with Gasteiger partial charge in [0.25, 0.3) is 0 Å². The number of aromatic nitrogens is 2. The number of urea groups is 1. The number of methoxy groups -OCH3 is 1. The first-order valence-corrected chi connectivity index (χ1v) is 9.21. The van der Waals surface area contributed by atoms with Gasteiger partial charge in [-0.05, 0) is 42.0 Å². The summed E-state index contributed by atoms with van der Waals surface area (Å²) in [6.07, 6.45) is -0.0868. The lowest BCUT2D eigenvalue weighted by molar-refractivity contribution is -0.136. The number of nitrogens with zero attached hydrogens (tertiary/aromatic N) is 3. The van der Waals surface area contributed by atoms with Crippen molar-refractivity contribution in [3.63, 3.8) is 0 Å². The molecule has 0 bridgehead atoms. The molecule has 0 aliphatic carbocycles.